The topological polar surface area (TPSA) is 69.6 Å². The minimum absolute atomic E-state index is 0.161. The van der Waals surface area contributed by atoms with E-state index in [0.29, 0.717) is 24.3 Å². The highest BCUT2D eigenvalue weighted by molar-refractivity contribution is 7.89. The molecule has 0 saturated carbocycles. The van der Waals surface area contributed by atoms with Crippen LogP contribution in [-0.2, 0) is 16.6 Å². The van der Waals surface area contributed by atoms with Gasteiger partial charge in [-0.15, -0.1) is 0 Å². The van der Waals surface area contributed by atoms with E-state index in [0.717, 1.165) is 18.7 Å². The SMILES string of the molecule is CCNCc1ccc(S(=O)(=O)N2CCCC(C)(O)C2)cc1. The number of hydrogen-bond acceptors (Lipinski definition) is 4. The maximum Gasteiger partial charge on any atom is 0.243 e. The first-order valence-corrected chi connectivity index (χ1v) is 8.81. The molecule has 0 bridgehead atoms. The number of nitrogens with one attached hydrogen (secondary N) is 1. The lowest BCUT2D eigenvalue weighted by Gasteiger charge is -2.35. The second-order valence-corrected chi connectivity index (χ2v) is 7.80. The summed E-state index contributed by atoms with van der Waals surface area (Å²) in [6, 6.07) is 6.95. The molecule has 0 spiro atoms. The Labute approximate surface area is 127 Å². The molecule has 1 saturated heterocycles. The lowest BCUT2D eigenvalue weighted by molar-refractivity contribution is 0.00940. The van der Waals surface area contributed by atoms with Gasteiger partial charge >= 0.3 is 0 Å². The lowest BCUT2D eigenvalue weighted by Crippen LogP contribution is -2.48. The van der Waals surface area contributed by atoms with Gasteiger partial charge in [-0.05, 0) is 44.0 Å². The Morgan fingerprint density at radius 1 is 1.33 bits per heavy atom. The molecule has 21 heavy (non-hydrogen) atoms. The number of β-amino-alcohol motifs (C(OH)–C–C–N with tert-alkyl or cyclic N) is 1. The van der Waals surface area contributed by atoms with Crippen LogP contribution in [-0.4, -0.2) is 43.1 Å². The maximum atomic E-state index is 12.6. The van der Waals surface area contributed by atoms with Gasteiger partial charge in [-0.1, -0.05) is 19.1 Å². The fraction of sp³-hybridized carbons (Fsp3) is 0.600. The van der Waals surface area contributed by atoms with Gasteiger partial charge in [-0.25, -0.2) is 8.42 Å². The third-order valence-electron chi connectivity index (χ3n) is 3.78. The van der Waals surface area contributed by atoms with Gasteiger partial charge in [0.05, 0.1) is 10.5 Å². The molecule has 2 rings (SSSR count). The quantitative estimate of drug-likeness (QED) is 0.860. The molecule has 118 valence electrons. The van der Waals surface area contributed by atoms with E-state index in [4.69, 9.17) is 0 Å². The zero-order chi connectivity index (χ0) is 15.5. The van der Waals surface area contributed by atoms with Crippen molar-refractivity contribution in [2.24, 2.45) is 0 Å². The summed E-state index contributed by atoms with van der Waals surface area (Å²) in [4.78, 5) is 0.292. The van der Waals surface area contributed by atoms with Crippen molar-refractivity contribution in [3.63, 3.8) is 0 Å². The minimum atomic E-state index is -3.52. The van der Waals surface area contributed by atoms with Crippen LogP contribution in [0, 0.1) is 0 Å². The third-order valence-corrected chi connectivity index (χ3v) is 5.64. The van der Waals surface area contributed by atoms with Crippen LogP contribution in [0.4, 0.5) is 0 Å². The van der Waals surface area contributed by atoms with Crippen molar-refractivity contribution < 1.29 is 13.5 Å². The van der Waals surface area contributed by atoms with Crippen molar-refractivity contribution >= 4 is 10.0 Å². The highest BCUT2D eigenvalue weighted by Crippen LogP contribution is 2.26. The molecule has 0 radical (unpaired) electrons. The van der Waals surface area contributed by atoms with E-state index in [-0.39, 0.29) is 6.54 Å². The fourth-order valence-electron chi connectivity index (χ4n) is 2.58. The molecule has 6 heteroatoms. The van der Waals surface area contributed by atoms with Gasteiger partial charge in [-0.2, -0.15) is 4.31 Å². The number of piperidine rings is 1. The highest BCUT2D eigenvalue weighted by atomic mass is 32.2. The molecule has 1 fully saturated rings. The average Bonchev–Trinajstić information content (AvgIpc) is 2.44. The summed E-state index contributed by atoms with van der Waals surface area (Å²) in [5.41, 5.74) is 0.123. The maximum absolute atomic E-state index is 12.6. The zero-order valence-corrected chi connectivity index (χ0v) is 13.5. The predicted molar refractivity (Wildman–Crippen MR) is 82.4 cm³/mol. The molecule has 2 N–H and O–H groups in total. The smallest absolute Gasteiger partial charge is 0.243 e. The van der Waals surface area contributed by atoms with Gasteiger partial charge in [0, 0.05) is 19.6 Å². The van der Waals surface area contributed by atoms with E-state index in [1.807, 2.05) is 19.1 Å². The number of hydrogen-bond donors (Lipinski definition) is 2. The third kappa shape index (κ3) is 4.03. The van der Waals surface area contributed by atoms with Gasteiger partial charge in [0.25, 0.3) is 0 Å². The first kappa shape index (κ1) is 16.4. The Morgan fingerprint density at radius 2 is 2.00 bits per heavy atom. The van der Waals surface area contributed by atoms with Crippen molar-refractivity contribution in [2.75, 3.05) is 19.6 Å². The Hall–Kier alpha value is -0.950. The molecule has 1 heterocycles. The Morgan fingerprint density at radius 3 is 2.57 bits per heavy atom. The van der Waals surface area contributed by atoms with Crippen LogP contribution >= 0.6 is 0 Å². The van der Waals surface area contributed by atoms with E-state index >= 15 is 0 Å². The molecule has 5 nitrogen and oxygen atoms in total. The molecule has 0 aromatic heterocycles. The van der Waals surface area contributed by atoms with Crippen LogP contribution in [0.3, 0.4) is 0 Å². The van der Waals surface area contributed by atoms with Crippen molar-refractivity contribution in [1.82, 2.24) is 9.62 Å². The van der Waals surface area contributed by atoms with Gasteiger partial charge in [0.2, 0.25) is 10.0 Å². The molecule has 1 aliphatic rings. The molecule has 1 aromatic rings. The monoisotopic (exact) mass is 312 g/mol. The first-order chi connectivity index (χ1) is 9.85. The van der Waals surface area contributed by atoms with Crippen molar-refractivity contribution in [2.45, 2.75) is 43.7 Å². The normalized spacial score (nSPS) is 24.1. The summed E-state index contributed by atoms with van der Waals surface area (Å²) in [6.07, 6.45) is 1.32. The number of aliphatic hydroxyl groups is 1. The van der Waals surface area contributed by atoms with E-state index in [1.54, 1.807) is 19.1 Å². The molecule has 0 amide bonds. The van der Waals surface area contributed by atoms with Crippen LogP contribution < -0.4 is 5.32 Å². The van der Waals surface area contributed by atoms with E-state index in [2.05, 4.69) is 5.32 Å². The summed E-state index contributed by atoms with van der Waals surface area (Å²) < 4.78 is 26.6. The van der Waals surface area contributed by atoms with Gasteiger partial charge in [-0.3, -0.25) is 0 Å². The Kier molecular flexibility index (Phi) is 5.03. The van der Waals surface area contributed by atoms with Crippen LogP contribution in [0.5, 0.6) is 0 Å². The highest BCUT2D eigenvalue weighted by Gasteiger charge is 2.35. The summed E-state index contributed by atoms with van der Waals surface area (Å²) in [5, 5.41) is 13.3. The largest absolute Gasteiger partial charge is 0.389 e. The summed E-state index contributed by atoms with van der Waals surface area (Å²) in [5.74, 6) is 0. The molecule has 1 unspecified atom stereocenters. The molecule has 1 atom stereocenters. The first-order valence-electron chi connectivity index (χ1n) is 7.37. The van der Waals surface area contributed by atoms with Crippen molar-refractivity contribution in [3.05, 3.63) is 29.8 Å². The number of nitrogens with zero attached hydrogens (tertiary/aromatic N) is 1. The molecular weight excluding hydrogens is 288 g/mol. The van der Waals surface area contributed by atoms with Crippen LogP contribution in [0.15, 0.2) is 29.2 Å². The molecular formula is C15H24N2O3S. The zero-order valence-electron chi connectivity index (χ0n) is 12.7. The Bertz CT molecular complexity index is 567. The predicted octanol–water partition coefficient (Wildman–Crippen LogP) is 1.33. The van der Waals surface area contributed by atoms with Crippen LogP contribution in [0.25, 0.3) is 0 Å². The fourth-order valence-corrected chi connectivity index (χ4v) is 4.17. The number of benzene rings is 1. The molecule has 0 aliphatic carbocycles. The van der Waals surface area contributed by atoms with E-state index < -0.39 is 15.6 Å². The average molecular weight is 312 g/mol. The second-order valence-electron chi connectivity index (χ2n) is 5.86. The van der Waals surface area contributed by atoms with Crippen molar-refractivity contribution in [3.8, 4) is 0 Å². The van der Waals surface area contributed by atoms with E-state index in [9.17, 15) is 13.5 Å². The van der Waals surface area contributed by atoms with Gasteiger partial charge < -0.3 is 10.4 Å². The Balaban J connectivity index is 2.15. The molecule has 1 aliphatic heterocycles. The van der Waals surface area contributed by atoms with E-state index in [1.165, 1.54) is 4.31 Å². The second kappa shape index (κ2) is 6.44. The standard InChI is InChI=1S/C15H24N2O3S/c1-3-16-11-13-5-7-14(8-6-13)21(19,20)17-10-4-9-15(2,18)12-17/h5-8,16,18H,3-4,9-12H2,1-2H3. The van der Waals surface area contributed by atoms with Crippen LogP contribution in [0.1, 0.15) is 32.3 Å². The van der Waals surface area contributed by atoms with Gasteiger partial charge in [0.1, 0.15) is 0 Å². The summed E-state index contributed by atoms with van der Waals surface area (Å²) >= 11 is 0. The number of sulfonamides is 1. The summed E-state index contributed by atoms with van der Waals surface area (Å²) in [7, 11) is -3.52. The summed E-state index contributed by atoms with van der Waals surface area (Å²) in [6.45, 7) is 5.96. The van der Waals surface area contributed by atoms with Gasteiger partial charge in [0.15, 0.2) is 0 Å². The van der Waals surface area contributed by atoms with Crippen LogP contribution in [0.2, 0.25) is 0 Å². The lowest BCUT2D eigenvalue weighted by atomic mass is 9.97. The molecule has 1 aromatic carbocycles. The minimum Gasteiger partial charge on any atom is -0.389 e. The van der Waals surface area contributed by atoms with Crippen molar-refractivity contribution in [1.29, 1.82) is 0 Å². The number of rotatable bonds is 5.